The maximum atomic E-state index is 12.0. The van der Waals surface area contributed by atoms with Crippen LogP contribution < -0.4 is 10.1 Å². The van der Waals surface area contributed by atoms with Gasteiger partial charge in [-0.15, -0.1) is 0 Å². The van der Waals surface area contributed by atoms with Crippen LogP contribution in [0.3, 0.4) is 0 Å². The molecule has 2 N–H and O–H groups in total. The molecule has 1 rings (SSSR count). The van der Waals surface area contributed by atoms with Gasteiger partial charge in [0.2, 0.25) is 0 Å². The zero-order valence-electron chi connectivity index (χ0n) is 12.4. The molecule has 0 radical (unpaired) electrons. The molecule has 0 atom stereocenters. The van der Waals surface area contributed by atoms with Crippen molar-refractivity contribution in [2.24, 2.45) is 0 Å². The van der Waals surface area contributed by atoms with Crippen molar-refractivity contribution in [3.63, 3.8) is 0 Å². The molecule has 0 aromatic heterocycles. The lowest BCUT2D eigenvalue weighted by Crippen LogP contribution is -2.42. The Kier molecular flexibility index (Phi) is 5.66. The number of nitro groups is 1. The Bertz CT molecular complexity index is 526. The number of amides is 1. The van der Waals surface area contributed by atoms with Crippen molar-refractivity contribution in [2.75, 3.05) is 13.7 Å². The highest BCUT2D eigenvalue weighted by Gasteiger charge is 2.24. The molecule has 116 valence electrons. The van der Waals surface area contributed by atoms with E-state index in [4.69, 9.17) is 4.74 Å². The van der Waals surface area contributed by atoms with Gasteiger partial charge in [-0.3, -0.25) is 14.9 Å². The largest absolute Gasteiger partial charge is 0.490 e. The van der Waals surface area contributed by atoms with Crippen LogP contribution in [0.25, 0.3) is 0 Å². The van der Waals surface area contributed by atoms with Crippen LogP contribution in [0.2, 0.25) is 0 Å². The van der Waals surface area contributed by atoms with Gasteiger partial charge in [0, 0.05) is 18.2 Å². The number of aliphatic hydroxyl groups is 1. The summed E-state index contributed by atoms with van der Waals surface area (Å²) in [5.74, 6) is -0.378. The fraction of sp³-hybridized carbons (Fsp3) is 0.500. The molecular weight excluding hydrogens is 276 g/mol. The van der Waals surface area contributed by atoms with Gasteiger partial charge in [0.25, 0.3) is 5.91 Å². The van der Waals surface area contributed by atoms with Gasteiger partial charge in [0.1, 0.15) is 0 Å². The van der Waals surface area contributed by atoms with Gasteiger partial charge in [-0.25, -0.2) is 0 Å². The summed E-state index contributed by atoms with van der Waals surface area (Å²) < 4.78 is 4.88. The minimum Gasteiger partial charge on any atom is -0.490 e. The summed E-state index contributed by atoms with van der Waals surface area (Å²) in [6, 6.07) is 3.97. The highest BCUT2D eigenvalue weighted by Crippen LogP contribution is 2.27. The molecule has 1 amide bonds. The predicted octanol–water partition coefficient (Wildman–Crippen LogP) is 1.88. The Morgan fingerprint density at radius 3 is 2.52 bits per heavy atom. The number of ether oxygens (including phenoxy) is 1. The maximum Gasteiger partial charge on any atom is 0.311 e. The van der Waals surface area contributed by atoms with Crippen LogP contribution in [0.15, 0.2) is 18.2 Å². The first-order chi connectivity index (χ1) is 9.86. The number of nitrogens with zero attached hydrogens (tertiary/aromatic N) is 1. The van der Waals surface area contributed by atoms with Crippen molar-refractivity contribution in [3.8, 4) is 5.75 Å². The number of methoxy groups -OCH3 is 1. The molecule has 0 fully saturated rings. The summed E-state index contributed by atoms with van der Waals surface area (Å²) in [6.07, 6.45) is 1.01. The van der Waals surface area contributed by atoms with E-state index in [1.54, 1.807) is 0 Å². The van der Waals surface area contributed by atoms with E-state index in [1.165, 1.54) is 19.2 Å². The molecule has 1 aromatic rings. The third-order valence-corrected chi connectivity index (χ3v) is 3.53. The minimum atomic E-state index is -0.964. The Morgan fingerprint density at radius 1 is 1.43 bits per heavy atom. The molecule has 0 spiro atoms. The first-order valence-corrected chi connectivity index (χ1v) is 6.70. The van der Waals surface area contributed by atoms with Crippen LogP contribution in [-0.4, -0.2) is 35.2 Å². The van der Waals surface area contributed by atoms with E-state index in [0.29, 0.717) is 12.8 Å². The summed E-state index contributed by atoms with van der Waals surface area (Å²) >= 11 is 0. The van der Waals surface area contributed by atoms with Crippen molar-refractivity contribution in [2.45, 2.75) is 32.3 Å². The van der Waals surface area contributed by atoms with E-state index in [1.807, 2.05) is 13.8 Å². The van der Waals surface area contributed by atoms with Crippen molar-refractivity contribution in [1.29, 1.82) is 0 Å². The molecule has 0 heterocycles. The summed E-state index contributed by atoms with van der Waals surface area (Å²) in [7, 11) is 1.32. The Morgan fingerprint density at radius 2 is 2.05 bits per heavy atom. The van der Waals surface area contributed by atoms with Gasteiger partial charge in [-0.2, -0.15) is 0 Å². The molecule has 0 saturated heterocycles. The molecule has 0 bridgehead atoms. The van der Waals surface area contributed by atoms with Gasteiger partial charge in [0.15, 0.2) is 5.75 Å². The van der Waals surface area contributed by atoms with Crippen molar-refractivity contribution in [3.05, 3.63) is 33.9 Å². The summed E-state index contributed by atoms with van der Waals surface area (Å²) in [6.45, 7) is 3.75. The van der Waals surface area contributed by atoms with Crippen LogP contribution in [0.5, 0.6) is 5.75 Å². The van der Waals surface area contributed by atoms with Crippen LogP contribution in [0.1, 0.15) is 37.0 Å². The SMILES string of the molecule is CCC(O)(CC)CNC(=O)c1ccc(OC)c([N+](=O)[O-])c1. The fourth-order valence-electron chi connectivity index (χ4n) is 1.82. The quantitative estimate of drug-likeness (QED) is 0.591. The molecule has 0 aliphatic carbocycles. The number of carbonyl (C=O) groups is 1. The zero-order valence-corrected chi connectivity index (χ0v) is 12.4. The van der Waals surface area contributed by atoms with Gasteiger partial charge < -0.3 is 15.2 Å². The van der Waals surface area contributed by atoms with Crippen molar-refractivity contribution in [1.82, 2.24) is 5.32 Å². The molecule has 0 aliphatic rings. The Labute approximate surface area is 123 Å². The second-order valence-electron chi connectivity index (χ2n) is 4.76. The lowest BCUT2D eigenvalue weighted by atomic mass is 9.97. The normalized spacial score (nSPS) is 11.0. The highest BCUT2D eigenvalue weighted by atomic mass is 16.6. The van der Waals surface area contributed by atoms with E-state index >= 15 is 0 Å². The molecule has 0 aliphatic heterocycles. The fourth-order valence-corrected chi connectivity index (χ4v) is 1.82. The third-order valence-electron chi connectivity index (χ3n) is 3.53. The Balaban J connectivity index is 2.89. The number of nitro benzene ring substituents is 1. The van der Waals surface area contributed by atoms with Crippen molar-refractivity contribution < 1.29 is 19.6 Å². The van der Waals surface area contributed by atoms with E-state index < -0.39 is 16.4 Å². The van der Waals surface area contributed by atoms with E-state index in [2.05, 4.69) is 5.32 Å². The number of benzene rings is 1. The molecule has 7 heteroatoms. The molecule has 0 saturated carbocycles. The monoisotopic (exact) mass is 296 g/mol. The first-order valence-electron chi connectivity index (χ1n) is 6.70. The summed E-state index contributed by atoms with van der Waals surface area (Å²) in [5, 5.41) is 23.6. The highest BCUT2D eigenvalue weighted by molar-refractivity contribution is 5.95. The third kappa shape index (κ3) is 4.16. The van der Waals surface area contributed by atoms with Gasteiger partial charge in [-0.05, 0) is 25.0 Å². The average molecular weight is 296 g/mol. The summed E-state index contributed by atoms with van der Waals surface area (Å²) in [4.78, 5) is 22.3. The molecular formula is C14H20N2O5. The van der Waals surface area contributed by atoms with Crippen LogP contribution >= 0.6 is 0 Å². The van der Waals surface area contributed by atoms with Gasteiger partial charge >= 0.3 is 5.69 Å². The number of nitrogens with one attached hydrogen (secondary N) is 1. The van der Waals surface area contributed by atoms with E-state index in [-0.39, 0.29) is 23.5 Å². The molecule has 0 unspecified atom stereocenters. The predicted molar refractivity (Wildman–Crippen MR) is 77.5 cm³/mol. The Hall–Kier alpha value is -2.15. The van der Waals surface area contributed by atoms with E-state index in [0.717, 1.165) is 6.07 Å². The minimum absolute atomic E-state index is 0.0928. The topological polar surface area (TPSA) is 102 Å². The standard InChI is InChI=1S/C14H20N2O5/c1-4-14(18,5-2)9-15-13(17)10-6-7-12(21-3)11(8-10)16(19)20/h6-8,18H,4-5,9H2,1-3H3,(H,15,17). The number of carbonyl (C=O) groups excluding carboxylic acids is 1. The second-order valence-corrected chi connectivity index (χ2v) is 4.76. The summed E-state index contributed by atoms with van der Waals surface area (Å²) in [5.41, 5.74) is -1.09. The van der Waals surface area contributed by atoms with Gasteiger partial charge in [-0.1, -0.05) is 13.8 Å². The van der Waals surface area contributed by atoms with Crippen LogP contribution in [0, 0.1) is 10.1 Å². The second kappa shape index (κ2) is 7.03. The lowest BCUT2D eigenvalue weighted by Gasteiger charge is -2.25. The van der Waals surface area contributed by atoms with Crippen LogP contribution in [0.4, 0.5) is 5.69 Å². The average Bonchev–Trinajstić information content (AvgIpc) is 2.51. The number of rotatable bonds is 7. The van der Waals surface area contributed by atoms with Gasteiger partial charge in [0.05, 0.1) is 17.6 Å². The number of hydrogen-bond acceptors (Lipinski definition) is 5. The molecule has 7 nitrogen and oxygen atoms in total. The zero-order chi connectivity index (χ0) is 16.0. The molecule has 1 aromatic carbocycles. The maximum absolute atomic E-state index is 12.0. The number of hydrogen-bond donors (Lipinski definition) is 2. The van der Waals surface area contributed by atoms with Crippen molar-refractivity contribution >= 4 is 11.6 Å². The smallest absolute Gasteiger partial charge is 0.311 e. The first kappa shape index (κ1) is 16.9. The molecule has 21 heavy (non-hydrogen) atoms. The lowest BCUT2D eigenvalue weighted by molar-refractivity contribution is -0.385. The van der Waals surface area contributed by atoms with E-state index in [9.17, 15) is 20.0 Å². The van der Waals surface area contributed by atoms with Crippen LogP contribution in [-0.2, 0) is 0 Å².